The Labute approximate surface area is 144 Å². The number of carbonyl (C=O) groups is 2. The molecule has 0 aliphatic carbocycles. The molecule has 0 fully saturated rings. The van der Waals surface area contributed by atoms with Gasteiger partial charge in [-0.2, -0.15) is 0 Å². The Hall–Kier alpha value is -1.96. The molecule has 0 unspecified atom stereocenters. The van der Waals surface area contributed by atoms with E-state index in [9.17, 15) is 9.59 Å². The number of aromatic nitrogens is 1. The summed E-state index contributed by atoms with van der Waals surface area (Å²) in [5, 5.41) is 8.06. The van der Waals surface area contributed by atoms with Crippen molar-refractivity contribution in [1.82, 2.24) is 4.98 Å². The van der Waals surface area contributed by atoms with Crippen LogP contribution >= 0.6 is 23.7 Å². The number of halogens is 1. The van der Waals surface area contributed by atoms with Gasteiger partial charge in [0.25, 0.3) is 5.91 Å². The van der Waals surface area contributed by atoms with Crippen molar-refractivity contribution >= 4 is 46.9 Å². The molecule has 0 radical (unpaired) electrons. The molecule has 0 atom stereocenters. The third-order valence-electron chi connectivity index (χ3n) is 2.95. The second-order valence-corrected chi connectivity index (χ2v) is 5.77. The van der Waals surface area contributed by atoms with Crippen molar-refractivity contribution in [1.29, 1.82) is 0 Å². The number of aryl methyl sites for hydroxylation is 1. The Morgan fingerprint density at radius 2 is 2.04 bits per heavy atom. The molecular formula is C15H19ClN4O2S. The van der Waals surface area contributed by atoms with Crippen LogP contribution in [0.15, 0.2) is 23.6 Å². The lowest BCUT2D eigenvalue weighted by molar-refractivity contribution is -0.114. The van der Waals surface area contributed by atoms with Crippen molar-refractivity contribution in [2.24, 2.45) is 5.73 Å². The third-order valence-corrected chi connectivity index (χ3v) is 3.86. The minimum atomic E-state index is -0.280. The molecule has 0 aliphatic heterocycles. The molecule has 0 bridgehead atoms. The van der Waals surface area contributed by atoms with Crippen LogP contribution in [0.1, 0.15) is 28.0 Å². The highest BCUT2D eigenvalue weighted by Crippen LogP contribution is 2.21. The van der Waals surface area contributed by atoms with Crippen LogP contribution < -0.4 is 16.4 Å². The van der Waals surface area contributed by atoms with Crippen molar-refractivity contribution < 1.29 is 9.59 Å². The van der Waals surface area contributed by atoms with Crippen molar-refractivity contribution in [2.75, 3.05) is 17.2 Å². The molecule has 23 heavy (non-hydrogen) atoms. The third kappa shape index (κ3) is 5.31. The highest BCUT2D eigenvalue weighted by atomic mass is 35.5. The molecule has 124 valence electrons. The van der Waals surface area contributed by atoms with Crippen LogP contribution in [-0.2, 0) is 11.2 Å². The van der Waals surface area contributed by atoms with Gasteiger partial charge < -0.3 is 16.4 Å². The minimum Gasteiger partial charge on any atom is -0.330 e. The predicted molar refractivity (Wildman–Crippen MR) is 95.6 cm³/mol. The summed E-state index contributed by atoms with van der Waals surface area (Å²) in [5.74, 6) is -0.436. The average Bonchev–Trinajstić information content (AvgIpc) is 2.91. The average molecular weight is 355 g/mol. The number of nitrogens with zero attached hydrogens (tertiary/aromatic N) is 1. The fourth-order valence-corrected chi connectivity index (χ4v) is 2.67. The number of nitrogens with one attached hydrogen (secondary N) is 2. The first kappa shape index (κ1) is 19.1. The van der Waals surface area contributed by atoms with E-state index in [4.69, 9.17) is 5.73 Å². The van der Waals surface area contributed by atoms with Crippen LogP contribution in [0, 0.1) is 6.92 Å². The Morgan fingerprint density at radius 3 is 2.70 bits per heavy atom. The quantitative estimate of drug-likeness (QED) is 0.768. The van der Waals surface area contributed by atoms with E-state index in [0.29, 0.717) is 30.0 Å². The Morgan fingerprint density at radius 1 is 1.30 bits per heavy atom. The number of anilines is 2. The molecular weight excluding hydrogens is 336 g/mol. The van der Waals surface area contributed by atoms with Gasteiger partial charge in [0.15, 0.2) is 0 Å². The summed E-state index contributed by atoms with van der Waals surface area (Å²) in [6.45, 7) is 3.84. The number of benzene rings is 1. The highest BCUT2D eigenvalue weighted by Gasteiger charge is 2.11. The van der Waals surface area contributed by atoms with E-state index >= 15 is 0 Å². The Balaban J connectivity index is 0.00000264. The van der Waals surface area contributed by atoms with Crippen LogP contribution in [0.4, 0.5) is 11.4 Å². The van der Waals surface area contributed by atoms with Crippen LogP contribution in [0.25, 0.3) is 0 Å². The molecule has 1 heterocycles. The van der Waals surface area contributed by atoms with Gasteiger partial charge in [-0.3, -0.25) is 9.59 Å². The standard InChI is InChI=1S/C15H18N4O2S.ClH/c1-9-3-4-11(7-12(9)17-10(2)20)18-15(21)13-8-22-14(19-13)5-6-16;/h3-4,7-8H,5-6,16H2,1-2H3,(H,17,20)(H,18,21);1H. The first-order valence-electron chi connectivity index (χ1n) is 6.83. The number of carbonyl (C=O) groups excluding carboxylic acids is 2. The zero-order valence-corrected chi connectivity index (χ0v) is 14.5. The van der Waals surface area contributed by atoms with E-state index < -0.39 is 0 Å². The van der Waals surface area contributed by atoms with Gasteiger partial charge in [-0.05, 0) is 31.2 Å². The summed E-state index contributed by atoms with van der Waals surface area (Å²) < 4.78 is 0. The molecule has 0 saturated carbocycles. The minimum absolute atomic E-state index is 0. The van der Waals surface area contributed by atoms with E-state index in [1.165, 1.54) is 18.3 Å². The smallest absolute Gasteiger partial charge is 0.275 e. The molecule has 0 spiro atoms. The first-order valence-corrected chi connectivity index (χ1v) is 7.71. The molecule has 2 amide bonds. The Bertz CT molecular complexity index is 703. The van der Waals surface area contributed by atoms with Crippen molar-refractivity contribution in [3.05, 3.63) is 39.8 Å². The number of amides is 2. The number of hydrogen-bond acceptors (Lipinski definition) is 5. The highest BCUT2D eigenvalue weighted by molar-refractivity contribution is 7.09. The van der Waals surface area contributed by atoms with Crippen molar-refractivity contribution in [3.8, 4) is 0 Å². The second kappa shape index (κ2) is 8.61. The lowest BCUT2D eigenvalue weighted by atomic mass is 10.1. The van der Waals surface area contributed by atoms with Crippen LogP contribution in [0.2, 0.25) is 0 Å². The van der Waals surface area contributed by atoms with E-state index in [-0.39, 0.29) is 24.2 Å². The van der Waals surface area contributed by atoms with Gasteiger partial charge in [0.1, 0.15) is 5.69 Å². The molecule has 6 nitrogen and oxygen atoms in total. The van der Waals surface area contributed by atoms with Gasteiger partial charge >= 0.3 is 0 Å². The molecule has 1 aromatic heterocycles. The summed E-state index contributed by atoms with van der Waals surface area (Å²) in [6.07, 6.45) is 0.662. The molecule has 0 saturated heterocycles. The predicted octanol–water partition coefficient (Wildman–Crippen LogP) is 2.59. The molecule has 0 aliphatic rings. The van der Waals surface area contributed by atoms with E-state index in [1.54, 1.807) is 17.5 Å². The largest absolute Gasteiger partial charge is 0.330 e. The van der Waals surface area contributed by atoms with Gasteiger partial charge in [-0.25, -0.2) is 4.98 Å². The zero-order valence-electron chi connectivity index (χ0n) is 12.9. The number of hydrogen-bond donors (Lipinski definition) is 3. The number of rotatable bonds is 5. The van der Waals surface area contributed by atoms with Crippen LogP contribution in [0.5, 0.6) is 0 Å². The SMILES string of the molecule is CC(=O)Nc1cc(NC(=O)c2csc(CCN)n2)ccc1C.Cl. The normalized spacial score (nSPS) is 9.87. The molecule has 4 N–H and O–H groups in total. The summed E-state index contributed by atoms with van der Waals surface area (Å²) in [7, 11) is 0. The molecule has 2 rings (SSSR count). The van der Waals surface area contributed by atoms with Crippen molar-refractivity contribution in [2.45, 2.75) is 20.3 Å². The molecule has 8 heteroatoms. The van der Waals surface area contributed by atoms with E-state index in [1.807, 2.05) is 13.0 Å². The zero-order chi connectivity index (χ0) is 16.1. The number of nitrogens with two attached hydrogens (primary N) is 1. The van der Waals surface area contributed by atoms with Crippen molar-refractivity contribution in [3.63, 3.8) is 0 Å². The van der Waals surface area contributed by atoms with Crippen LogP contribution in [0.3, 0.4) is 0 Å². The lowest BCUT2D eigenvalue weighted by Gasteiger charge is -2.09. The summed E-state index contributed by atoms with van der Waals surface area (Å²) in [5.41, 5.74) is 8.04. The summed E-state index contributed by atoms with van der Waals surface area (Å²) in [6, 6.07) is 5.34. The fraction of sp³-hybridized carbons (Fsp3) is 0.267. The maximum Gasteiger partial charge on any atom is 0.275 e. The second-order valence-electron chi connectivity index (χ2n) is 4.83. The summed E-state index contributed by atoms with van der Waals surface area (Å²) in [4.78, 5) is 27.6. The van der Waals surface area contributed by atoms with Gasteiger partial charge in [-0.1, -0.05) is 6.07 Å². The maximum atomic E-state index is 12.2. The maximum absolute atomic E-state index is 12.2. The van der Waals surface area contributed by atoms with Crippen LogP contribution in [-0.4, -0.2) is 23.3 Å². The topological polar surface area (TPSA) is 97.1 Å². The van der Waals surface area contributed by atoms with Gasteiger partial charge in [0.05, 0.1) is 5.01 Å². The van der Waals surface area contributed by atoms with Gasteiger partial charge in [0.2, 0.25) is 5.91 Å². The van der Waals surface area contributed by atoms with E-state index in [0.717, 1.165) is 10.6 Å². The van der Waals surface area contributed by atoms with Gasteiger partial charge in [-0.15, -0.1) is 23.7 Å². The summed E-state index contributed by atoms with van der Waals surface area (Å²) >= 11 is 1.42. The van der Waals surface area contributed by atoms with E-state index in [2.05, 4.69) is 15.6 Å². The first-order chi connectivity index (χ1) is 10.5. The molecule has 1 aromatic carbocycles. The molecule has 2 aromatic rings. The number of thiazole rings is 1. The fourth-order valence-electron chi connectivity index (χ4n) is 1.87. The monoisotopic (exact) mass is 354 g/mol. The lowest BCUT2D eigenvalue weighted by Crippen LogP contribution is -2.14. The Kier molecular flexibility index (Phi) is 7.15. The van der Waals surface area contributed by atoms with Gasteiger partial charge in [0, 0.05) is 30.1 Å².